The second-order valence-corrected chi connectivity index (χ2v) is 11.7. The molecule has 0 bridgehead atoms. The van der Waals surface area contributed by atoms with E-state index in [9.17, 15) is 19.2 Å². The maximum absolute atomic E-state index is 13.9. The van der Waals surface area contributed by atoms with Gasteiger partial charge >= 0.3 is 4.87 Å². The first kappa shape index (κ1) is 25.2. The van der Waals surface area contributed by atoms with Gasteiger partial charge in [-0.05, 0) is 30.3 Å². The third kappa shape index (κ3) is 4.43. The zero-order valence-corrected chi connectivity index (χ0v) is 22.3. The maximum atomic E-state index is 13.9. The van der Waals surface area contributed by atoms with Crippen molar-refractivity contribution >= 4 is 58.1 Å². The number of rotatable bonds is 5. The molecule has 3 atom stereocenters. The lowest BCUT2D eigenvalue weighted by atomic mass is 9.82. The average molecular weight is 572 g/mol. The first-order chi connectivity index (χ1) is 18.4. The summed E-state index contributed by atoms with van der Waals surface area (Å²) in [5, 5.41) is 0.337. The number of thioether (sulfide) groups is 1. The summed E-state index contributed by atoms with van der Waals surface area (Å²) in [7, 11) is 0. The molecule has 2 saturated heterocycles. The first-order valence-corrected chi connectivity index (χ1v) is 14.1. The number of ether oxygens (including phenoxy) is 2. The highest BCUT2D eigenvalue weighted by atomic mass is 35.5. The molecule has 9 nitrogen and oxygen atoms in total. The molecular formula is C26H22ClN3O6S2. The molecule has 38 heavy (non-hydrogen) atoms. The fraction of sp³-hybridized carbons (Fsp3) is 0.308. The Bertz CT molecular complexity index is 1470. The van der Waals surface area contributed by atoms with Crippen molar-refractivity contribution in [2.45, 2.75) is 16.2 Å². The van der Waals surface area contributed by atoms with E-state index in [0.717, 1.165) is 11.3 Å². The van der Waals surface area contributed by atoms with Crippen LogP contribution in [0.5, 0.6) is 5.75 Å². The van der Waals surface area contributed by atoms with E-state index in [1.165, 1.54) is 16.7 Å². The molecule has 0 aliphatic carbocycles. The standard InChI is InChI=1S/C26H22ClN3O6S2/c27-14-5-7-15(8-6-14)30-24(32)20-19(21-23(28-26(34)38-21)37-22(20)25(30)33)16-3-1-2-4-17(16)36-13-18(31)29-9-11-35-12-10-29/h1-8,19-20,22H,9-13H2,(H,28,34). The Morgan fingerprint density at radius 1 is 1.05 bits per heavy atom. The van der Waals surface area contributed by atoms with Gasteiger partial charge in [0, 0.05) is 34.5 Å². The number of para-hydroxylation sites is 1. The molecule has 3 unspecified atom stereocenters. The average Bonchev–Trinajstić information content (AvgIpc) is 3.43. The van der Waals surface area contributed by atoms with Crippen LogP contribution in [0.4, 0.5) is 5.69 Å². The van der Waals surface area contributed by atoms with E-state index in [1.54, 1.807) is 41.3 Å². The molecule has 196 valence electrons. The van der Waals surface area contributed by atoms with E-state index in [1.807, 2.05) is 12.1 Å². The number of fused-ring (bicyclic) bond motifs is 2. The number of benzene rings is 2. The molecule has 3 aromatic rings. The summed E-state index contributed by atoms with van der Waals surface area (Å²) in [4.78, 5) is 58.7. The van der Waals surface area contributed by atoms with Crippen molar-refractivity contribution in [1.29, 1.82) is 0 Å². The van der Waals surface area contributed by atoms with Gasteiger partial charge in [0.2, 0.25) is 11.8 Å². The number of aromatic amines is 1. The number of thiazole rings is 1. The summed E-state index contributed by atoms with van der Waals surface area (Å²) < 4.78 is 11.3. The molecule has 4 heterocycles. The normalized spacial score (nSPS) is 22.8. The minimum Gasteiger partial charge on any atom is -0.483 e. The predicted molar refractivity (Wildman–Crippen MR) is 143 cm³/mol. The topological polar surface area (TPSA) is 109 Å². The van der Waals surface area contributed by atoms with Gasteiger partial charge in [0.15, 0.2) is 6.61 Å². The van der Waals surface area contributed by atoms with Crippen LogP contribution in [0.15, 0.2) is 58.4 Å². The summed E-state index contributed by atoms with van der Waals surface area (Å²) in [6.07, 6.45) is 0. The number of amides is 3. The van der Waals surface area contributed by atoms with Crippen molar-refractivity contribution in [3.8, 4) is 5.75 Å². The number of aromatic nitrogens is 1. The van der Waals surface area contributed by atoms with Crippen molar-refractivity contribution in [3.05, 3.63) is 73.7 Å². The molecule has 2 aromatic carbocycles. The Morgan fingerprint density at radius 3 is 2.55 bits per heavy atom. The van der Waals surface area contributed by atoms with Gasteiger partial charge in [0.1, 0.15) is 11.0 Å². The molecule has 3 aliphatic heterocycles. The summed E-state index contributed by atoms with van der Waals surface area (Å²) >= 11 is 8.25. The van der Waals surface area contributed by atoms with E-state index in [-0.39, 0.29) is 29.2 Å². The number of halogens is 1. The second kappa shape index (κ2) is 10.2. The summed E-state index contributed by atoms with van der Waals surface area (Å²) in [5.74, 6) is -1.80. The number of carbonyl (C=O) groups excluding carboxylic acids is 3. The van der Waals surface area contributed by atoms with Crippen molar-refractivity contribution in [3.63, 3.8) is 0 Å². The van der Waals surface area contributed by atoms with E-state index >= 15 is 0 Å². The van der Waals surface area contributed by atoms with Gasteiger partial charge < -0.3 is 19.4 Å². The Hall–Kier alpha value is -3.12. The monoisotopic (exact) mass is 571 g/mol. The minimum atomic E-state index is -0.762. The van der Waals surface area contributed by atoms with Gasteiger partial charge in [0.05, 0.1) is 29.8 Å². The largest absolute Gasteiger partial charge is 0.483 e. The molecule has 3 amide bonds. The lowest BCUT2D eigenvalue weighted by Crippen LogP contribution is -2.43. The molecule has 1 aromatic heterocycles. The molecule has 6 rings (SSSR count). The van der Waals surface area contributed by atoms with Gasteiger partial charge in [0.25, 0.3) is 5.91 Å². The van der Waals surface area contributed by atoms with Crippen LogP contribution in [0.2, 0.25) is 5.02 Å². The van der Waals surface area contributed by atoms with Gasteiger partial charge in [-0.2, -0.15) is 0 Å². The van der Waals surface area contributed by atoms with E-state index in [0.29, 0.717) is 58.2 Å². The van der Waals surface area contributed by atoms with Crippen LogP contribution in [0.3, 0.4) is 0 Å². The molecular weight excluding hydrogens is 550 g/mol. The van der Waals surface area contributed by atoms with Crippen LogP contribution < -0.4 is 14.5 Å². The number of imide groups is 1. The highest BCUT2D eigenvalue weighted by molar-refractivity contribution is 8.00. The third-order valence-corrected chi connectivity index (χ3v) is 9.53. The fourth-order valence-corrected chi connectivity index (χ4v) is 7.74. The molecule has 2 fully saturated rings. The van der Waals surface area contributed by atoms with Crippen LogP contribution in [-0.4, -0.2) is 65.8 Å². The molecule has 1 N–H and O–H groups in total. The quantitative estimate of drug-likeness (QED) is 0.469. The van der Waals surface area contributed by atoms with Gasteiger partial charge in [-0.1, -0.05) is 52.9 Å². The van der Waals surface area contributed by atoms with Crippen LogP contribution in [0.1, 0.15) is 16.4 Å². The highest BCUT2D eigenvalue weighted by Crippen LogP contribution is 2.54. The van der Waals surface area contributed by atoms with E-state index in [2.05, 4.69) is 4.98 Å². The summed E-state index contributed by atoms with van der Waals surface area (Å²) in [5.41, 5.74) is 1.09. The number of carbonyl (C=O) groups is 3. The van der Waals surface area contributed by atoms with Crippen molar-refractivity contribution in [1.82, 2.24) is 9.88 Å². The third-order valence-electron chi connectivity index (χ3n) is 6.88. The predicted octanol–water partition coefficient (Wildman–Crippen LogP) is 3.12. The second-order valence-electron chi connectivity index (χ2n) is 9.06. The first-order valence-electron chi connectivity index (χ1n) is 12.0. The number of hydrogen-bond acceptors (Lipinski definition) is 8. The molecule has 0 saturated carbocycles. The molecule has 3 aliphatic rings. The molecule has 12 heteroatoms. The highest BCUT2D eigenvalue weighted by Gasteiger charge is 2.56. The van der Waals surface area contributed by atoms with E-state index in [4.69, 9.17) is 21.1 Å². The van der Waals surface area contributed by atoms with Crippen molar-refractivity contribution in [2.24, 2.45) is 5.92 Å². The van der Waals surface area contributed by atoms with Crippen LogP contribution in [0, 0.1) is 5.92 Å². The Morgan fingerprint density at radius 2 is 1.79 bits per heavy atom. The van der Waals surface area contributed by atoms with Crippen LogP contribution in [0.25, 0.3) is 0 Å². The molecule has 0 spiro atoms. The fourth-order valence-electron chi connectivity index (χ4n) is 5.11. The van der Waals surface area contributed by atoms with Gasteiger partial charge in [-0.3, -0.25) is 19.2 Å². The van der Waals surface area contributed by atoms with Crippen LogP contribution in [-0.2, 0) is 19.1 Å². The number of H-pyrrole nitrogens is 1. The zero-order valence-electron chi connectivity index (χ0n) is 19.9. The van der Waals surface area contributed by atoms with Crippen molar-refractivity contribution < 1.29 is 23.9 Å². The van der Waals surface area contributed by atoms with Gasteiger partial charge in [-0.25, -0.2) is 4.90 Å². The number of nitrogens with one attached hydrogen (secondary N) is 1. The Labute approximate surface area is 230 Å². The van der Waals surface area contributed by atoms with Crippen LogP contribution >= 0.6 is 34.7 Å². The molecule has 0 radical (unpaired) electrons. The van der Waals surface area contributed by atoms with E-state index < -0.39 is 17.1 Å². The Kier molecular flexibility index (Phi) is 6.77. The number of morpholine rings is 1. The lowest BCUT2D eigenvalue weighted by Gasteiger charge is -2.31. The minimum absolute atomic E-state index is 0.159. The summed E-state index contributed by atoms with van der Waals surface area (Å²) in [6.45, 7) is 1.81. The maximum Gasteiger partial charge on any atom is 0.305 e. The summed E-state index contributed by atoms with van der Waals surface area (Å²) in [6, 6.07) is 13.7. The number of nitrogens with zero attached hydrogens (tertiary/aromatic N) is 2. The Balaban J connectivity index is 1.36. The zero-order chi connectivity index (χ0) is 26.4. The van der Waals surface area contributed by atoms with Gasteiger partial charge in [-0.15, -0.1) is 0 Å². The lowest BCUT2D eigenvalue weighted by molar-refractivity contribution is -0.137. The number of anilines is 1. The van der Waals surface area contributed by atoms with Crippen molar-refractivity contribution in [2.75, 3.05) is 37.8 Å². The smallest absolute Gasteiger partial charge is 0.305 e. The SMILES string of the molecule is O=C(COc1ccccc1C1c2sc(=O)[nH]c2SC2C(=O)N(c3ccc(Cl)cc3)C(=O)C21)N1CCOCC1. The number of hydrogen-bond donors (Lipinski definition) is 1.